The first kappa shape index (κ1) is 26.8. The van der Waals surface area contributed by atoms with Crippen LogP contribution in [0.25, 0.3) is 0 Å². The predicted molar refractivity (Wildman–Crippen MR) is 145 cm³/mol. The number of nitrogens with zero attached hydrogens (tertiary/aromatic N) is 3. The molecule has 1 aromatic rings. The number of nitrogens with one attached hydrogen (secondary N) is 1. The van der Waals surface area contributed by atoms with E-state index in [1.54, 1.807) is 4.90 Å². The van der Waals surface area contributed by atoms with Gasteiger partial charge in [-0.1, -0.05) is 6.07 Å². The molecule has 0 aromatic heterocycles. The van der Waals surface area contributed by atoms with Gasteiger partial charge in [0.1, 0.15) is 11.6 Å². The second-order valence-electron chi connectivity index (χ2n) is 12.0. The van der Waals surface area contributed by atoms with Crippen molar-refractivity contribution >= 4 is 29.3 Å². The van der Waals surface area contributed by atoms with E-state index < -0.39 is 5.60 Å². The highest BCUT2D eigenvalue weighted by atomic mass is 16.6. The van der Waals surface area contributed by atoms with Crippen molar-refractivity contribution in [2.75, 3.05) is 42.5 Å². The molecule has 4 heterocycles. The number of anilines is 2. The maximum Gasteiger partial charge on any atom is 0.410 e. The van der Waals surface area contributed by atoms with Gasteiger partial charge in [-0.05, 0) is 83.4 Å². The van der Waals surface area contributed by atoms with Gasteiger partial charge in [0, 0.05) is 50.5 Å². The fourth-order valence-electron chi connectivity index (χ4n) is 6.24. The third-order valence-electron chi connectivity index (χ3n) is 8.11. The first-order valence-electron chi connectivity index (χ1n) is 14.3. The van der Waals surface area contributed by atoms with Gasteiger partial charge in [-0.25, -0.2) is 4.79 Å². The number of rotatable bonds is 4. The third-order valence-corrected chi connectivity index (χ3v) is 8.11. The summed E-state index contributed by atoms with van der Waals surface area (Å²) in [5, 5.41) is 2.52. The Morgan fingerprint density at radius 3 is 2.21 bits per heavy atom. The van der Waals surface area contributed by atoms with E-state index in [1.165, 1.54) is 11.3 Å². The lowest BCUT2D eigenvalue weighted by atomic mass is 9.94. The van der Waals surface area contributed by atoms with Gasteiger partial charge < -0.3 is 24.2 Å². The highest BCUT2D eigenvalue weighted by Crippen LogP contribution is 2.38. The number of hydrogen-bond donors (Lipinski definition) is 1. The largest absolute Gasteiger partial charge is 0.444 e. The summed E-state index contributed by atoms with van der Waals surface area (Å²) in [6, 6.07) is 6.16. The smallest absolute Gasteiger partial charge is 0.410 e. The highest BCUT2D eigenvalue weighted by Gasteiger charge is 2.35. The molecule has 0 aliphatic carbocycles. The number of fused-ring (bicyclic) bond motifs is 1. The van der Waals surface area contributed by atoms with E-state index in [-0.39, 0.29) is 36.2 Å². The van der Waals surface area contributed by atoms with Crippen LogP contribution in [0.3, 0.4) is 0 Å². The van der Waals surface area contributed by atoms with Gasteiger partial charge in [-0.2, -0.15) is 0 Å². The highest BCUT2D eigenvalue weighted by molar-refractivity contribution is 6.02. The van der Waals surface area contributed by atoms with Gasteiger partial charge in [-0.3, -0.25) is 14.9 Å². The van der Waals surface area contributed by atoms with Crippen molar-refractivity contribution in [1.29, 1.82) is 0 Å². The molecule has 1 aromatic carbocycles. The monoisotopic (exact) mass is 526 g/mol. The van der Waals surface area contributed by atoms with Crippen molar-refractivity contribution in [2.45, 2.75) is 96.0 Å². The molecule has 5 rings (SSSR count). The van der Waals surface area contributed by atoms with Crippen LogP contribution >= 0.6 is 0 Å². The Kier molecular flexibility index (Phi) is 7.84. The number of ether oxygens (including phenoxy) is 2. The van der Waals surface area contributed by atoms with Crippen LogP contribution in [-0.2, 0) is 25.5 Å². The Morgan fingerprint density at radius 1 is 0.895 bits per heavy atom. The van der Waals surface area contributed by atoms with E-state index in [0.29, 0.717) is 25.9 Å². The molecule has 0 bridgehead atoms. The molecule has 9 nitrogen and oxygen atoms in total. The van der Waals surface area contributed by atoms with Crippen molar-refractivity contribution in [1.82, 2.24) is 10.2 Å². The van der Waals surface area contributed by atoms with Gasteiger partial charge in [-0.15, -0.1) is 0 Å². The summed E-state index contributed by atoms with van der Waals surface area (Å²) >= 11 is 0. The predicted octanol–water partition coefficient (Wildman–Crippen LogP) is 3.63. The van der Waals surface area contributed by atoms with Gasteiger partial charge in [0.15, 0.2) is 0 Å². The summed E-state index contributed by atoms with van der Waals surface area (Å²) in [6.45, 7) is 9.76. The minimum atomic E-state index is -0.473. The lowest BCUT2D eigenvalue weighted by molar-refractivity contribution is -0.134. The Morgan fingerprint density at radius 2 is 1.55 bits per heavy atom. The number of piperidine rings is 3. The van der Waals surface area contributed by atoms with E-state index >= 15 is 0 Å². The first-order chi connectivity index (χ1) is 18.2. The van der Waals surface area contributed by atoms with Gasteiger partial charge >= 0.3 is 6.09 Å². The average molecular weight is 527 g/mol. The van der Waals surface area contributed by atoms with Crippen LogP contribution in [0.4, 0.5) is 16.2 Å². The lowest BCUT2D eigenvalue weighted by Crippen LogP contribution is -2.54. The zero-order chi connectivity index (χ0) is 26.9. The van der Waals surface area contributed by atoms with E-state index in [4.69, 9.17) is 9.47 Å². The minimum absolute atomic E-state index is 0.170. The van der Waals surface area contributed by atoms with Crippen LogP contribution < -0.4 is 15.1 Å². The number of amides is 3. The number of hydrogen-bond acceptors (Lipinski definition) is 7. The average Bonchev–Trinajstić information content (AvgIpc) is 2.88. The molecule has 1 N–H and O–H groups in total. The molecule has 0 unspecified atom stereocenters. The Hall–Kier alpha value is -2.81. The maximum absolute atomic E-state index is 12.6. The third kappa shape index (κ3) is 6.08. The van der Waals surface area contributed by atoms with Crippen molar-refractivity contribution < 1.29 is 23.9 Å². The molecular formula is C29H42N4O5. The van der Waals surface area contributed by atoms with Crippen LogP contribution in [0.15, 0.2) is 18.2 Å². The standard InChI is InChI=1S/C29H42N4O5/c1-29(2,3)38-28(36)32-18-13-21(14-19-32)37-20-11-16-31(17-12-20)23-7-4-8-24-22(23)6-5-15-33(24)25-9-10-26(34)30-27(25)35/h4,7-8,20-21,25H,5-6,9-19H2,1-3H3,(H,30,34,35)/t25-/m0/s1. The lowest BCUT2D eigenvalue weighted by Gasteiger charge is -2.42. The van der Waals surface area contributed by atoms with Gasteiger partial charge in [0.05, 0.1) is 12.2 Å². The molecule has 38 heavy (non-hydrogen) atoms. The van der Waals surface area contributed by atoms with E-state index in [2.05, 4.69) is 33.3 Å². The number of likely N-dealkylation sites (tertiary alicyclic amines) is 1. The molecule has 3 saturated heterocycles. The van der Waals surface area contributed by atoms with Crippen LogP contribution in [0.2, 0.25) is 0 Å². The Balaban J connectivity index is 1.15. The molecule has 1 atom stereocenters. The zero-order valence-electron chi connectivity index (χ0n) is 23.0. The van der Waals surface area contributed by atoms with E-state index in [9.17, 15) is 14.4 Å². The second-order valence-corrected chi connectivity index (χ2v) is 12.0. The van der Waals surface area contributed by atoms with Crippen molar-refractivity contribution in [3.63, 3.8) is 0 Å². The van der Waals surface area contributed by atoms with Gasteiger partial charge in [0.25, 0.3) is 0 Å². The number of carbonyl (C=O) groups excluding carboxylic acids is 3. The number of carbonyl (C=O) groups is 3. The fraction of sp³-hybridized carbons (Fsp3) is 0.690. The zero-order valence-corrected chi connectivity index (χ0v) is 23.0. The minimum Gasteiger partial charge on any atom is -0.444 e. The summed E-state index contributed by atoms with van der Waals surface area (Å²) in [5.74, 6) is -0.342. The molecule has 208 valence electrons. The molecule has 0 saturated carbocycles. The molecule has 0 spiro atoms. The van der Waals surface area contributed by atoms with Crippen molar-refractivity contribution in [3.05, 3.63) is 23.8 Å². The molecule has 4 aliphatic rings. The SMILES string of the molecule is CC(C)(C)OC(=O)N1CCC(OC2CCN(c3cccc4c3CCCN4[C@H]3CCC(=O)NC3=O)CC2)CC1. The molecule has 0 radical (unpaired) electrons. The van der Waals surface area contributed by atoms with E-state index in [1.807, 2.05) is 20.8 Å². The Labute approximate surface area is 225 Å². The summed E-state index contributed by atoms with van der Waals surface area (Å²) in [4.78, 5) is 43.1. The van der Waals surface area contributed by atoms with Crippen molar-refractivity contribution in [2.24, 2.45) is 0 Å². The van der Waals surface area contributed by atoms with Crippen LogP contribution in [0.1, 0.15) is 71.3 Å². The topological polar surface area (TPSA) is 91.4 Å². The maximum atomic E-state index is 12.6. The Bertz CT molecular complexity index is 1040. The van der Waals surface area contributed by atoms with Crippen LogP contribution in [-0.4, -0.2) is 79.4 Å². The van der Waals surface area contributed by atoms with Crippen LogP contribution in [0, 0.1) is 0 Å². The fourth-order valence-corrected chi connectivity index (χ4v) is 6.24. The summed E-state index contributed by atoms with van der Waals surface area (Å²) in [7, 11) is 0. The number of benzene rings is 1. The first-order valence-corrected chi connectivity index (χ1v) is 14.3. The summed E-state index contributed by atoms with van der Waals surface area (Å²) in [5.41, 5.74) is 3.25. The summed E-state index contributed by atoms with van der Waals surface area (Å²) < 4.78 is 12.0. The normalized spacial score (nSPS) is 23.8. The second kappa shape index (κ2) is 11.1. The molecule has 9 heteroatoms. The van der Waals surface area contributed by atoms with E-state index in [0.717, 1.165) is 63.8 Å². The van der Waals surface area contributed by atoms with Crippen LogP contribution in [0.5, 0.6) is 0 Å². The quantitative estimate of drug-likeness (QED) is 0.599. The number of imide groups is 1. The molecule has 4 aliphatic heterocycles. The molecule has 3 amide bonds. The molecule has 3 fully saturated rings. The molecular weight excluding hydrogens is 484 g/mol. The van der Waals surface area contributed by atoms with Gasteiger partial charge in [0.2, 0.25) is 11.8 Å². The summed E-state index contributed by atoms with van der Waals surface area (Å²) in [6.07, 6.45) is 6.84. The van der Waals surface area contributed by atoms with Crippen molar-refractivity contribution in [3.8, 4) is 0 Å².